The van der Waals surface area contributed by atoms with Gasteiger partial charge < -0.3 is 14.7 Å². The third-order valence-corrected chi connectivity index (χ3v) is 7.25. The second-order valence-electron chi connectivity index (χ2n) is 7.64. The van der Waals surface area contributed by atoms with E-state index in [0.717, 1.165) is 0 Å². The van der Waals surface area contributed by atoms with Gasteiger partial charge in [0.2, 0.25) is 0 Å². The molecule has 0 radical (unpaired) electrons. The molecule has 2 rings (SSSR count). The number of carbonyl (C=O) groups is 1. The Hall–Kier alpha value is -2.74. The highest BCUT2D eigenvalue weighted by Crippen LogP contribution is 2.38. The molecular formula is C23H32N2O5S. The van der Waals surface area contributed by atoms with Gasteiger partial charge in [0.25, 0.3) is 15.9 Å². The van der Waals surface area contributed by atoms with E-state index in [-0.39, 0.29) is 22.1 Å². The van der Waals surface area contributed by atoms with Crippen LogP contribution in [0.25, 0.3) is 0 Å². The number of amides is 1. The van der Waals surface area contributed by atoms with E-state index in [1.165, 1.54) is 7.11 Å². The molecule has 2 aromatic carbocycles. The molecular weight excluding hydrogens is 416 g/mol. The number of hydrogen-bond donors (Lipinski definition) is 2. The van der Waals surface area contributed by atoms with Gasteiger partial charge in [0.05, 0.1) is 23.3 Å². The second kappa shape index (κ2) is 9.18. The van der Waals surface area contributed by atoms with Crippen molar-refractivity contribution in [2.24, 2.45) is 0 Å². The minimum atomic E-state index is -3.95. The Morgan fingerprint density at radius 2 is 1.58 bits per heavy atom. The molecule has 31 heavy (non-hydrogen) atoms. The van der Waals surface area contributed by atoms with Gasteiger partial charge in [0.1, 0.15) is 11.5 Å². The molecule has 0 fully saturated rings. The maximum Gasteiger partial charge on any atom is 0.262 e. The van der Waals surface area contributed by atoms with Crippen LogP contribution in [0.4, 0.5) is 5.69 Å². The van der Waals surface area contributed by atoms with Crippen molar-refractivity contribution >= 4 is 21.6 Å². The van der Waals surface area contributed by atoms with Crippen LogP contribution < -0.4 is 9.46 Å². The Bertz CT molecular complexity index is 1120. The molecule has 0 atom stereocenters. The van der Waals surface area contributed by atoms with Crippen LogP contribution in [0.5, 0.6) is 11.5 Å². The van der Waals surface area contributed by atoms with Crippen LogP contribution in [-0.4, -0.2) is 44.5 Å². The number of ether oxygens (including phenoxy) is 1. The van der Waals surface area contributed by atoms with Crippen molar-refractivity contribution in [3.63, 3.8) is 0 Å². The summed E-state index contributed by atoms with van der Waals surface area (Å²) in [4.78, 5) is 14.8. The van der Waals surface area contributed by atoms with E-state index in [1.54, 1.807) is 51.7 Å². The van der Waals surface area contributed by atoms with Crippen molar-refractivity contribution in [2.45, 2.75) is 53.4 Å². The number of nitrogens with one attached hydrogen (secondary N) is 1. The van der Waals surface area contributed by atoms with Crippen LogP contribution in [0, 0.1) is 34.6 Å². The van der Waals surface area contributed by atoms with Gasteiger partial charge in [0.15, 0.2) is 0 Å². The van der Waals surface area contributed by atoms with Crippen LogP contribution in [-0.2, 0) is 10.0 Å². The first-order chi connectivity index (χ1) is 14.4. The molecule has 0 heterocycles. The average molecular weight is 449 g/mol. The SMILES string of the molecule is CCN(CC)C(=O)c1c(C)c(NS(=O)(=O)c2cc(C)c(OC)cc2C)c(C)c(C)c1O. The number of phenols is 1. The van der Waals surface area contributed by atoms with Gasteiger partial charge in [-0.1, -0.05) is 0 Å². The Balaban J connectivity index is 2.67. The van der Waals surface area contributed by atoms with Gasteiger partial charge in [-0.2, -0.15) is 0 Å². The van der Waals surface area contributed by atoms with E-state index in [2.05, 4.69) is 4.72 Å². The molecule has 0 saturated heterocycles. The first kappa shape index (κ1) is 24.5. The number of rotatable bonds is 7. The Morgan fingerprint density at radius 1 is 1.00 bits per heavy atom. The van der Waals surface area contributed by atoms with Crippen molar-refractivity contribution in [3.05, 3.63) is 45.5 Å². The highest BCUT2D eigenvalue weighted by Gasteiger charge is 2.28. The van der Waals surface area contributed by atoms with E-state index in [0.29, 0.717) is 52.3 Å². The number of benzene rings is 2. The molecule has 8 heteroatoms. The number of carbonyl (C=O) groups excluding carboxylic acids is 1. The molecule has 0 saturated carbocycles. The van der Waals surface area contributed by atoms with Crippen molar-refractivity contribution in [1.29, 1.82) is 0 Å². The lowest BCUT2D eigenvalue weighted by atomic mass is 9.95. The summed E-state index contributed by atoms with van der Waals surface area (Å²) < 4.78 is 34.5. The molecule has 7 nitrogen and oxygen atoms in total. The number of sulfonamides is 1. The van der Waals surface area contributed by atoms with E-state index in [9.17, 15) is 18.3 Å². The zero-order chi connectivity index (χ0) is 23.7. The summed E-state index contributed by atoms with van der Waals surface area (Å²) >= 11 is 0. The van der Waals surface area contributed by atoms with E-state index < -0.39 is 10.0 Å². The molecule has 0 spiro atoms. The second-order valence-corrected chi connectivity index (χ2v) is 9.29. The number of aryl methyl sites for hydroxylation is 2. The summed E-state index contributed by atoms with van der Waals surface area (Å²) in [5.41, 5.74) is 3.08. The lowest BCUT2D eigenvalue weighted by Gasteiger charge is -2.24. The first-order valence-electron chi connectivity index (χ1n) is 10.2. The number of hydrogen-bond acceptors (Lipinski definition) is 5. The third kappa shape index (κ3) is 4.49. The molecule has 0 aliphatic carbocycles. The molecule has 0 aliphatic heterocycles. The zero-order valence-electron chi connectivity index (χ0n) is 19.5. The minimum Gasteiger partial charge on any atom is -0.507 e. The smallest absolute Gasteiger partial charge is 0.262 e. The van der Waals surface area contributed by atoms with Gasteiger partial charge in [-0.3, -0.25) is 9.52 Å². The largest absolute Gasteiger partial charge is 0.507 e. The lowest BCUT2D eigenvalue weighted by Crippen LogP contribution is -2.31. The molecule has 170 valence electrons. The fourth-order valence-electron chi connectivity index (χ4n) is 3.68. The maximum absolute atomic E-state index is 13.3. The van der Waals surface area contributed by atoms with Crippen molar-refractivity contribution in [1.82, 2.24) is 4.90 Å². The zero-order valence-corrected chi connectivity index (χ0v) is 20.3. The van der Waals surface area contributed by atoms with Crippen molar-refractivity contribution < 1.29 is 23.1 Å². The monoisotopic (exact) mass is 448 g/mol. The van der Waals surface area contributed by atoms with Crippen LogP contribution in [0.15, 0.2) is 17.0 Å². The number of aromatic hydroxyl groups is 1. The molecule has 0 aromatic heterocycles. The summed E-state index contributed by atoms with van der Waals surface area (Å²) in [6.07, 6.45) is 0. The average Bonchev–Trinajstić information content (AvgIpc) is 2.72. The molecule has 0 bridgehead atoms. The quantitative estimate of drug-likeness (QED) is 0.618. The van der Waals surface area contributed by atoms with E-state index in [4.69, 9.17) is 4.74 Å². The van der Waals surface area contributed by atoms with E-state index >= 15 is 0 Å². The maximum atomic E-state index is 13.3. The predicted octanol–water partition coefficient (Wildman–Crippen LogP) is 4.23. The van der Waals surface area contributed by atoms with E-state index in [1.807, 2.05) is 13.8 Å². The fraction of sp³-hybridized carbons (Fsp3) is 0.435. The number of phenolic OH excluding ortho intramolecular Hbond substituents is 1. The van der Waals surface area contributed by atoms with Gasteiger partial charge in [-0.15, -0.1) is 0 Å². The highest BCUT2D eigenvalue weighted by atomic mass is 32.2. The van der Waals surface area contributed by atoms with Gasteiger partial charge in [-0.05, 0) is 88.4 Å². The topological polar surface area (TPSA) is 95.9 Å². The minimum absolute atomic E-state index is 0.118. The highest BCUT2D eigenvalue weighted by molar-refractivity contribution is 7.92. The van der Waals surface area contributed by atoms with Gasteiger partial charge in [0, 0.05) is 13.1 Å². The molecule has 0 aliphatic rings. The van der Waals surface area contributed by atoms with Gasteiger partial charge >= 0.3 is 0 Å². The number of methoxy groups -OCH3 is 1. The van der Waals surface area contributed by atoms with Crippen molar-refractivity contribution in [2.75, 3.05) is 24.9 Å². The molecule has 2 aromatic rings. The standard InChI is InChI=1S/C23H32N2O5S/c1-9-25(10-2)23(27)20-17(7)21(15(5)16(6)22(20)26)24-31(28,29)19-12-13(3)18(30-8)11-14(19)4/h11-12,24,26H,9-10H2,1-8H3. The molecule has 1 amide bonds. The Morgan fingerprint density at radius 3 is 2.10 bits per heavy atom. The Labute approximate surface area is 185 Å². The molecule has 0 unspecified atom stereocenters. The Kier molecular flexibility index (Phi) is 7.26. The third-order valence-electron chi connectivity index (χ3n) is 5.76. The predicted molar refractivity (Wildman–Crippen MR) is 123 cm³/mol. The summed E-state index contributed by atoms with van der Waals surface area (Å²) in [6, 6.07) is 3.25. The summed E-state index contributed by atoms with van der Waals surface area (Å²) in [6.45, 7) is 13.2. The van der Waals surface area contributed by atoms with Gasteiger partial charge in [-0.25, -0.2) is 8.42 Å². The molecule has 2 N–H and O–H groups in total. The van der Waals surface area contributed by atoms with Crippen LogP contribution >= 0.6 is 0 Å². The van der Waals surface area contributed by atoms with Crippen molar-refractivity contribution in [3.8, 4) is 11.5 Å². The summed E-state index contributed by atoms with van der Waals surface area (Å²) in [5, 5.41) is 10.7. The lowest BCUT2D eigenvalue weighted by molar-refractivity contribution is 0.0769. The van der Waals surface area contributed by atoms with Crippen LogP contribution in [0.1, 0.15) is 52.0 Å². The number of nitrogens with zero attached hydrogens (tertiary/aromatic N) is 1. The van der Waals surface area contributed by atoms with Crippen LogP contribution in [0.3, 0.4) is 0 Å². The normalized spacial score (nSPS) is 11.4. The fourth-order valence-corrected chi connectivity index (χ4v) is 5.18. The summed E-state index contributed by atoms with van der Waals surface area (Å²) in [7, 11) is -2.42. The summed E-state index contributed by atoms with van der Waals surface area (Å²) in [5.74, 6) is 0.155. The number of anilines is 1. The first-order valence-corrected chi connectivity index (χ1v) is 11.7. The van der Waals surface area contributed by atoms with Crippen LogP contribution in [0.2, 0.25) is 0 Å².